The van der Waals surface area contributed by atoms with Crippen molar-refractivity contribution < 1.29 is 8.42 Å². The van der Waals surface area contributed by atoms with E-state index in [0.717, 1.165) is 5.01 Å². The third kappa shape index (κ3) is 3.26. The predicted molar refractivity (Wildman–Crippen MR) is 70.1 cm³/mol. The molecule has 0 spiro atoms. The summed E-state index contributed by atoms with van der Waals surface area (Å²) >= 11 is 7.08. The van der Waals surface area contributed by atoms with E-state index in [2.05, 4.69) is 14.7 Å². The molecule has 0 unspecified atom stereocenters. The van der Waals surface area contributed by atoms with Crippen molar-refractivity contribution in [1.82, 2.24) is 14.7 Å². The van der Waals surface area contributed by atoms with Gasteiger partial charge in [0.25, 0.3) is 0 Å². The standard InChI is InChI=1S/C10H10ClN3O2S2/c1-7-14-8(6-17-7)4-13-18(15,16)9-2-3-10(11)12-5-9/h2-3,5-6,13H,4H2,1H3. The number of aryl methyl sites for hydroxylation is 1. The number of sulfonamides is 1. The van der Waals surface area contributed by atoms with E-state index in [4.69, 9.17) is 11.6 Å². The van der Waals surface area contributed by atoms with E-state index < -0.39 is 10.0 Å². The van der Waals surface area contributed by atoms with Crippen LogP contribution in [0, 0.1) is 6.92 Å². The summed E-state index contributed by atoms with van der Waals surface area (Å²) in [4.78, 5) is 8.00. The molecule has 0 aromatic carbocycles. The number of rotatable bonds is 4. The Morgan fingerprint density at radius 3 is 2.78 bits per heavy atom. The molecule has 0 fully saturated rings. The quantitative estimate of drug-likeness (QED) is 0.877. The number of halogens is 1. The highest BCUT2D eigenvalue weighted by Crippen LogP contribution is 2.12. The van der Waals surface area contributed by atoms with Crippen LogP contribution >= 0.6 is 22.9 Å². The van der Waals surface area contributed by atoms with Gasteiger partial charge in [0.2, 0.25) is 10.0 Å². The van der Waals surface area contributed by atoms with E-state index in [1.165, 1.54) is 29.7 Å². The van der Waals surface area contributed by atoms with Gasteiger partial charge in [0.1, 0.15) is 10.0 Å². The van der Waals surface area contributed by atoms with Crippen molar-refractivity contribution in [1.29, 1.82) is 0 Å². The van der Waals surface area contributed by atoms with Gasteiger partial charge in [-0.1, -0.05) is 11.6 Å². The minimum atomic E-state index is -3.57. The highest BCUT2D eigenvalue weighted by Gasteiger charge is 2.14. The average molecular weight is 304 g/mol. The fourth-order valence-electron chi connectivity index (χ4n) is 1.26. The van der Waals surface area contributed by atoms with E-state index >= 15 is 0 Å². The van der Waals surface area contributed by atoms with Crippen LogP contribution in [0.5, 0.6) is 0 Å². The summed E-state index contributed by atoms with van der Waals surface area (Å²) < 4.78 is 26.3. The molecule has 0 aliphatic carbocycles. The average Bonchev–Trinajstić information content (AvgIpc) is 2.73. The van der Waals surface area contributed by atoms with E-state index in [1.807, 2.05) is 12.3 Å². The lowest BCUT2D eigenvalue weighted by Crippen LogP contribution is -2.23. The molecule has 18 heavy (non-hydrogen) atoms. The van der Waals surface area contributed by atoms with Gasteiger partial charge in [0.05, 0.1) is 17.2 Å². The van der Waals surface area contributed by atoms with Gasteiger partial charge in [0.15, 0.2) is 0 Å². The van der Waals surface area contributed by atoms with Gasteiger partial charge in [-0.05, 0) is 19.1 Å². The molecule has 0 aliphatic rings. The Balaban J connectivity index is 2.10. The topological polar surface area (TPSA) is 72.0 Å². The van der Waals surface area contributed by atoms with Gasteiger partial charge in [-0.15, -0.1) is 11.3 Å². The molecule has 0 bridgehead atoms. The maximum absolute atomic E-state index is 11.9. The molecule has 2 aromatic heterocycles. The Kier molecular flexibility index (Phi) is 3.96. The van der Waals surface area contributed by atoms with E-state index in [1.54, 1.807) is 0 Å². The maximum Gasteiger partial charge on any atom is 0.242 e. The summed E-state index contributed by atoms with van der Waals surface area (Å²) in [6, 6.07) is 2.84. The zero-order valence-electron chi connectivity index (χ0n) is 9.42. The van der Waals surface area contributed by atoms with Crippen molar-refractivity contribution in [2.75, 3.05) is 0 Å². The molecular formula is C10H10ClN3O2S2. The van der Waals surface area contributed by atoms with Crippen LogP contribution in [-0.2, 0) is 16.6 Å². The molecule has 1 N–H and O–H groups in total. The van der Waals surface area contributed by atoms with Crippen molar-refractivity contribution in [2.24, 2.45) is 0 Å². The summed E-state index contributed by atoms with van der Waals surface area (Å²) in [5.41, 5.74) is 0.697. The second-order valence-electron chi connectivity index (χ2n) is 3.50. The molecule has 0 saturated heterocycles. The number of hydrogen-bond donors (Lipinski definition) is 1. The number of nitrogens with one attached hydrogen (secondary N) is 1. The van der Waals surface area contributed by atoms with Gasteiger partial charge in [0, 0.05) is 11.6 Å². The van der Waals surface area contributed by atoms with E-state index in [0.29, 0.717) is 5.69 Å². The highest BCUT2D eigenvalue weighted by molar-refractivity contribution is 7.89. The van der Waals surface area contributed by atoms with E-state index in [9.17, 15) is 8.42 Å². The van der Waals surface area contributed by atoms with Gasteiger partial charge in [-0.2, -0.15) is 0 Å². The Morgan fingerprint density at radius 2 is 2.22 bits per heavy atom. The molecule has 0 saturated carbocycles. The van der Waals surface area contributed by atoms with Crippen LogP contribution in [0.2, 0.25) is 5.15 Å². The third-order valence-corrected chi connectivity index (χ3v) is 4.55. The SMILES string of the molecule is Cc1nc(CNS(=O)(=O)c2ccc(Cl)nc2)cs1. The third-order valence-electron chi connectivity index (χ3n) is 2.12. The molecule has 2 heterocycles. The minimum absolute atomic E-state index is 0.0823. The number of nitrogens with zero attached hydrogens (tertiary/aromatic N) is 2. The maximum atomic E-state index is 11.9. The zero-order chi connectivity index (χ0) is 13.2. The van der Waals surface area contributed by atoms with Gasteiger partial charge in [-0.25, -0.2) is 23.1 Å². The molecule has 0 aliphatic heterocycles. The van der Waals surface area contributed by atoms with Crippen LogP contribution < -0.4 is 4.72 Å². The fraction of sp³-hybridized carbons (Fsp3) is 0.200. The van der Waals surface area contributed by atoms with Crippen LogP contribution in [0.25, 0.3) is 0 Å². The summed E-state index contributed by atoms with van der Waals surface area (Å²) in [5.74, 6) is 0. The summed E-state index contributed by atoms with van der Waals surface area (Å²) in [7, 11) is -3.57. The van der Waals surface area contributed by atoms with Crippen molar-refractivity contribution in [3.63, 3.8) is 0 Å². The summed E-state index contributed by atoms with van der Waals surface area (Å²) in [6.07, 6.45) is 1.22. The largest absolute Gasteiger partial charge is 0.245 e. The van der Waals surface area contributed by atoms with Gasteiger partial charge in [-0.3, -0.25) is 0 Å². The smallest absolute Gasteiger partial charge is 0.242 e. The van der Waals surface area contributed by atoms with Crippen LogP contribution in [0.15, 0.2) is 28.6 Å². The predicted octanol–water partition coefficient (Wildman–Crippen LogP) is 1.98. The first-order valence-electron chi connectivity index (χ1n) is 4.99. The molecule has 0 amide bonds. The first kappa shape index (κ1) is 13.4. The first-order chi connectivity index (χ1) is 8.47. The normalized spacial score (nSPS) is 11.7. The molecule has 0 atom stereocenters. The Labute approximate surface area is 114 Å². The number of aromatic nitrogens is 2. The molecule has 0 radical (unpaired) electrons. The van der Waals surface area contributed by atoms with Gasteiger partial charge < -0.3 is 0 Å². The summed E-state index contributed by atoms with van der Waals surface area (Å²) in [5, 5.41) is 2.97. The lowest BCUT2D eigenvalue weighted by atomic mass is 10.5. The second kappa shape index (κ2) is 5.31. The lowest BCUT2D eigenvalue weighted by molar-refractivity contribution is 0.580. The second-order valence-corrected chi connectivity index (χ2v) is 6.72. The Hall–Kier alpha value is -1.02. The lowest BCUT2D eigenvalue weighted by Gasteiger charge is -2.04. The molecule has 96 valence electrons. The number of pyridine rings is 1. The molecule has 2 rings (SSSR count). The van der Waals surface area contributed by atoms with E-state index in [-0.39, 0.29) is 16.6 Å². The van der Waals surface area contributed by atoms with Crippen LogP contribution in [-0.4, -0.2) is 18.4 Å². The Bertz CT molecular complexity index is 637. The molecule has 8 heteroatoms. The molecule has 2 aromatic rings. The number of thiazole rings is 1. The van der Waals surface area contributed by atoms with Crippen molar-refractivity contribution in [3.05, 3.63) is 39.6 Å². The fourth-order valence-corrected chi connectivity index (χ4v) is 2.93. The molecule has 5 nitrogen and oxygen atoms in total. The monoisotopic (exact) mass is 303 g/mol. The van der Waals surface area contributed by atoms with Crippen LogP contribution in [0.1, 0.15) is 10.7 Å². The van der Waals surface area contributed by atoms with Gasteiger partial charge >= 0.3 is 0 Å². The first-order valence-corrected chi connectivity index (χ1v) is 7.74. The van der Waals surface area contributed by atoms with Crippen molar-refractivity contribution >= 4 is 33.0 Å². The summed E-state index contributed by atoms with van der Waals surface area (Å²) in [6.45, 7) is 2.03. The Morgan fingerprint density at radius 1 is 1.44 bits per heavy atom. The van der Waals surface area contributed by atoms with Crippen LogP contribution in [0.3, 0.4) is 0 Å². The minimum Gasteiger partial charge on any atom is -0.245 e. The highest BCUT2D eigenvalue weighted by atomic mass is 35.5. The molecular weight excluding hydrogens is 294 g/mol. The van der Waals surface area contributed by atoms with Crippen LogP contribution in [0.4, 0.5) is 0 Å². The van der Waals surface area contributed by atoms with Crippen molar-refractivity contribution in [2.45, 2.75) is 18.4 Å². The zero-order valence-corrected chi connectivity index (χ0v) is 11.8. The van der Waals surface area contributed by atoms with Crippen molar-refractivity contribution in [3.8, 4) is 0 Å². The number of hydrogen-bond acceptors (Lipinski definition) is 5.